The molecule has 0 N–H and O–H groups in total. The van der Waals surface area contributed by atoms with Gasteiger partial charge in [-0.15, -0.1) is 0 Å². The van der Waals surface area contributed by atoms with Gasteiger partial charge in [-0.3, -0.25) is 4.79 Å². The van der Waals surface area contributed by atoms with Crippen LogP contribution in [0.1, 0.15) is 93.9 Å². The molecule has 1 saturated carbocycles. The summed E-state index contributed by atoms with van der Waals surface area (Å²) < 4.78 is 6.17. The summed E-state index contributed by atoms with van der Waals surface area (Å²) in [4.78, 5) is 13.5. The maximum Gasteiger partial charge on any atom is 0.312 e. The molecule has 0 amide bonds. The van der Waals surface area contributed by atoms with Gasteiger partial charge < -0.3 is 4.74 Å². The Morgan fingerprint density at radius 1 is 1.24 bits per heavy atom. The lowest BCUT2D eigenvalue weighted by Crippen LogP contribution is -2.51. The largest absolute Gasteiger partial charge is 0.458 e. The van der Waals surface area contributed by atoms with Crippen molar-refractivity contribution in [2.75, 3.05) is 0 Å². The maximum absolute atomic E-state index is 13.5. The van der Waals surface area contributed by atoms with Crippen LogP contribution < -0.4 is 0 Å². The number of rotatable bonds is 6. The van der Waals surface area contributed by atoms with E-state index in [1.54, 1.807) is 0 Å². The molecule has 0 aromatic rings. The summed E-state index contributed by atoms with van der Waals surface area (Å²) in [6.07, 6.45) is 5.41. The van der Waals surface area contributed by atoms with Crippen LogP contribution in [-0.4, -0.2) is 16.3 Å². The Labute approximate surface area is 161 Å². The molecule has 0 heterocycles. The van der Waals surface area contributed by atoms with Crippen LogP contribution in [-0.2, 0) is 9.53 Å². The minimum atomic E-state index is -0.576. The Hall–Kier alpha value is -0.440. The third-order valence-electron chi connectivity index (χ3n) is 6.46. The number of hydrogen-bond donors (Lipinski definition) is 1. The van der Waals surface area contributed by atoms with Crippen LogP contribution in [0.25, 0.3) is 0 Å². The molecular formula is C22H40O2S. The highest BCUT2D eigenvalue weighted by molar-refractivity contribution is 7.81. The van der Waals surface area contributed by atoms with E-state index in [0.717, 1.165) is 32.1 Å². The van der Waals surface area contributed by atoms with E-state index in [1.807, 2.05) is 0 Å². The lowest BCUT2D eigenvalue weighted by atomic mass is 9.63. The molecule has 0 radical (unpaired) electrons. The second-order valence-electron chi connectivity index (χ2n) is 9.94. The summed E-state index contributed by atoms with van der Waals surface area (Å²) in [7, 11) is 0. The van der Waals surface area contributed by atoms with Crippen molar-refractivity contribution < 1.29 is 9.53 Å². The van der Waals surface area contributed by atoms with E-state index in [1.165, 1.54) is 5.57 Å². The average Bonchev–Trinajstić information content (AvgIpc) is 2.46. The summed E-state index contributed by atoms with van der Waals surface area (Å²) in [5, 5.41) is 0. The van der Waals surface area contributed by atoms with E-state index < -0.39 is 5.41 Å². The third-order valence-corrected chi connectivity index (χ3v) is 6.62. The number of hydrogen-bond acceptors (Lipinski definition) is 3. The van der Waals surface area contributed by atoms with Crippen LogP contribution in [0, 0.1) is 16.7 Å². The predicted molar refractivity (Wildman–Crippen MR) is 111 cm³/mol. The van der Waals surface area contributed by atoms with Crippen LogP contribution in [0.15, 0.2) is 12.2 Å². The molecule has 1 rings (SSSR count). The first kappa shape index (κ1) is 22.6. The van der Waals surface area contributed by atoms with Crippen LogP contribution in [0.3, 0.4) is 0 Å². The van der Waals surface area contributed by atoms with Crippen molar-refractivity contribution in [3.8, 4) is 0 Å². The minimum Gasteiger partial charge on any atom is -0.458 e. The molecule has 0 aliphatic heterocycles. The lowest BCUT2D eigenvalue weighted by Gasteiger charge is -2.49. The SMILES string of the molecule is C=C1CCC(CC)(OC(=O)C(C)(CC(C)(C)S)C(C)(C)C)C(CC)C1. The van der Waals surface area contributed by atoms with Crippen LogP contribution in [0.4, 0.5) is 0 Å². The monoisotopic (exact) mass is 368 g/mol. The zero-order valence-electron chi connectivity index (χ0n) is 17.8. The highest BCUT2D eigenvalue weighted by Crippen LogP contribution is 2.50. The zero-order valence-corrected chi connectivity index (χ0v) is 18.7. The molecule has 3 unspecified atom stereocenters. The van der Waals surface area contributed by atoms with Gasteiger partial charge in [-0.1, -0.05) is 60.6 Å². The molecule has 0 bridgehead atoms. The highest BCUT2D eigenvalue weighted by atomic mass is 32.1. The van der Waals surface area contributed by atoms with E-state index >= 15 is 0 Å². The molecular weight excluding hydrogens is 328 g/mol. The van der Waals surface area contributed by atoms with Crippen molar-refractivity contribution in [1.29, 1.82) is 0 Å². The number of carbonyl (C=O) groups is 1. The smallest absolute Gasteiger partial charge is 0.312 e. The third kappa shape index (κ3) is 5.05. The van der Waals surface area contributed by atoms with Gasteiger partial charge >= 0.3 is 5.97 Å². The Kier molecular flexibility index (Phi) is 6.93. The van der Waals surface area contributed by atoms with Gasteiger partial charge in [0.15, 0.2) is 0 Å². The first-order valence-corrected chi connectivity index (χ1v) is 10.3. The molecule has 0 saturated heterocycles. The molecule has 2 nitrogen and oxygen atoms in total. The van der Waals surface area contributed by atoms with Gasteiger partial charge in [0, 0.05) is 10.7 Å². The van der Waals surface area contributed by atoms with Gasteiger partial charge in [0.05, 0.1) is 5.41 Å². The normalized spacial score (nSPS) is 27.7. The van der Waals surface area contributed by atoms with Crippen molar-refractivity contribution >= 4 is 18.6 Å². The fourth-order valence-electron chi connectivity index (χ4n) is 4.22. The summed E-state index contributed by atoms with van der Waals surface area (Å²) in [6, 6.07) is 0. The van der Waals surface area contributed by atoms with Crippen LogP contribution in [0.2, 0.25) is 0 Å². The molecule has 25 heavy (non-hydrogen) atoms. The summed E-state index contributed by atoms with van der Waals surface area (Å²) in [5.74, 6) is 0.311. The first-order chi connectivity index (χ1) is 11.2. The van der Waals surface area contributed by atoms with Gasteiger partial charge in [-0.25, -0.2) is 0 Å². The summed E-state index contributed by atoms with van der Waals surface area (Å²) >= 11 is 4.71. The molecule has 1 aliphatic carbocycles. The van der Waals surface area contributed by atoms with Crippen molar-refractivity contribution in [3.63, 3.8) is 0 Å². The standard InChI is InChI=1S/C22H40O2S/c1-10-17-14-16(3)12-13-22(17,11-2)24-18(23)21(9,19(4,5)6)15-20(7,8)25/h17,25H,3,10-15H2,1-2,4-9H3. The van der Waals surface area contributed by atoms with Gasteiger partial charge in [-0.05, 0) is 50.9 Å². The average molecular weight is 369 g/mol. The van der Waals surface area contributed by atoms with Crippen molar-refractivity contribution in [1.82, 2.24) is 0 Å². The van der Waals surface area contributed by atoms with E-state index in [2.05, 4.69) is 62.0 Å². The number of allylic oxidation sites excluding steroid dienone is 1. The van der Waals surface area contributed by atoms with Gasteiger partial charge in [0.1, 0.15) is 5.60 Å². The Bertz CT molecular complexity index is 497. The number of carbonyl (C=O) groups excluding carboxylic acids is 1. The molecule has 3 atom stereocenters. The Morgan fingerprint density at radius 3 is 2.20 bits per heavy atom. The second-order valence-corrected chi connectivity index (χ2v) is 11.1. The molecule has 0 aromatic carbocycles. The van der Waals surface area contributed by atoms with Crippen LogP contribution in [0.5, 0.6) is 0 Å². The topological polar surface area (TPSA) is 26.3 Å². The van der Waals surface area contributed by atoms with E-state index in [0.29, 0.717) is 12.3 Å². The van der Waals surface area contributed by atoms with E-state index in [-0.39, 0.29) is 21.7 Å². The molecule has 146 valence electrons. The summed E-state index contributed by atoms with van der Waals surface area (Å²) in [5.41, 5.74) is 0.175. The van der Waals surface area contributed by atoms with Crippen LogP contribution >= 0.6 is 12.6 Å². The quantitative estimate of drug-likeness (QED) is 0.325. The molecule has 1 aliphatic rings. The molecule has 0 aromatic heterocycles. The van der Waals surface area contributed by atoms with Crippen molar-refractivity contribution in [3.05, 3.63) is 12.2 Å². The number of thiol groups is 1. The highest BCUT2D eigenvalue weighted by Gasteiger charge is 2.52. The van der Waals surface area contributed by atoms with Crippen molar-refractivity contribution in [2.45, 2.75) is 104 Å². The molecule has 3 heteroatoms. The van der Waals surface area contributed by atoms with Gasteiger partial charge in [0.25, 0.3) is 0 Å². The van der Waals surface area contributed by atoms with E-state index in [9.17, 15) is 4.79 Å². The van der Waals surface area contributed by atoms with Gasteiger partial charge in [-0.2, -0.15) is 12.6 Å². The van der Waals surface area contributed by atoms with Gasteiger partial charge in [0.2, 0.25) is 0 Å². The second kappa shape index (κ2) is 7.66. The zero-order chi connectivity index (χ0) is 19.7. The minimum absolute atomic E-state index is 0.0602. The molecule has 1 fully saturated rings. The Morgan fingerprint density at radius 2 is 1.80 bits per heavy atom. The number of ether oxygens (including phenoxy) is 1. The predicted octanol–water partition coefficient (Wildman–Crippen LogP) is 6.60. The lowest BCUT2D eigenvalue weighted by molar-refractivity contribution is -0.189. The Balaban J connectivity index is 3.18. The number of esters is 1. The maximum atomic E-state index is 13.5. The summed E-state index contributed by atoms with van der Waals surface area (Å²) in [6.45, 7) is 21.1. The fourth-order valence-corrected chi connectivity index (χ4v) is 4.54. The molecule has 0 spiro atoms. The first-order valence-electron chi connectivity index (χ1n) is 9.83. The van der Waals surface area contributed by atoms with Crippen molar-refractivity contribution in [2.24, 2.45) is 16.7 Å². The fraction of sp³-hybridized carbons (Fsp3) is 0.864. The van der Waals surface area contributed by atoms with E-state index in [4.69, 9.17) is 17.4 Å².